The maximum Gasteiger partial charge on any atom is 0.308 e. The van der Waals surface area contributed by atoms with Crippen LogP contribution < -0.4 is 4.74 Å². The Morgan fingerprint density at radius 3 is 2.94 bits per heavy atom. The number of carbonyl (C=O) groups excluding carboxylic acids is 1. The van der Waals surface area contributed by atoms with E-state index in [9.17, 15) is 19.1 Å². The molecule has 0 spiro atoms. The van der Waals surface area contributed by atoms with Gasteiger partial charge in [0.25, 0.3) is 0 Å². The molecule has 34 heavy (non-hydrogen) atoms. The van der Waals surface area contributed by atoms with Crippen LogP contribution in [-0.2, 0) is 4.79 Å². The van der Waals surface area contributed by atoms with Crippen LogP contribution in [0.1, 0.15) is 34.5 Å². The van der Waals surface area contributed by atoms with Crippen molar-refractivity contribution in [2.24, 2.45) is 11.8 Å². The number of carboxylic acid groups (broad SMARTS) is 1. The molecule has 1 fully saturated rings. The number of fused-ring (bicyclic) bond motifs is 1. The predicted molar refractivity (Wildman–Crippen MR) is 129 cm³/mol. The van der Waals surface area contributed by atoms with E-state index < -0.39 is 17.7 Å². The Kier molecular flexibility index (Phi) is 7.56. The van der Waals surface area contributed by atoms with E-state index in [0.717, 1.165) is 11.1 Å². The van der Waals surface area contributed by atoms with Crippen LogP contribution in [0.3, 0.4) is 0 Å². The summed E-state index contributed by atoms with van der Waals surface area (Å²) >= 11 is 1.57. The van der Waals surface area contributed by atoms with Crippen LogP contribution in [0.15, 0.2) is 41.9 Å². The molecule has 2 aromatic heterocycles. The minimum absolute atomic E-state index is 0.0166. The van der Waals surface area contributed by atoms with Crippen molar-refractivity contribution in [2.75, 3.05) is 26.7 Å². The highest BCUT2D eigenvalue weighted by Crippen LogP contribution is 2.30. The number of nitrogens with zero attached hydrogens (tertiary/aromatic N) is 2. The van der Waals surface area contributed by atoms with Crippen LogP contribution in [0.2, 0.25) is 0 Å². The van der Waals surface area contributed by atoms with Crippen LogP contribution in [-0.4, -0.2) is 53.5 Å². The fraction of sp³-hybridized carbons (Fsp3) is 0.346. The van der Waals surface area contributed by atoms with E-state index in [4.69, 9.17) is 4.74 Å². The fourth-order valence-electron chi connectivity index (χ4n) is 4.42. The molecule has 1 N–H and O–H groups in total. The Hall–Kier alpha value is -3.28. The molecule has 0 bridgehead atoms. The number of pyridine rings is 1. The Bertz CT molecular complexity index is 1250. The minimum atomic E-state index is -0.876. The summed E-state index contributed by atoms with van der Waals surface area (Å²) in [7, 11) is 1.50. The Morgan fingerprint density at radius 2 is 2.21 bits per heavy atom. The lowest BCUT2D eigenvalue weighted by molar-refractivity contribution is -0.146. The van der Waals surface area contributed by atoms with Gasteiger partial charge >= 0.3 is 5.97 Å². The number of hydrogen-bond donors (Lipinski definition) is 1. The molecule has 1 aromatic carbocycles. The minimum Gasteiger partial charge on any atom is -0.497 e. The highest BCUT2D eigenvalue weighted by molar-refractivity contribution is 7.10. The molecule has 0 amide bonds. The monoisotopic (exact) mass is 480 g/mol. The SMILES string of the molecule is COc1ccc2ncc(F)c(C(=O)CCC3CCN(CC#Cc4cccs4)CC3C(=O)O)c2c1. The lowest BCUT2D eigenvalue weighted by Gasteiger charge is -2.35. The fourth-order valence-corrected chi connectivity index (χ4v) is 5.02. The van der Waals surface area contributed by atoms with Crippen molar-refractivity contribution in [1.29, 1.82) is 0 Å². The molecule has 0 radical (unpaired) electrons. The quantitative estimate of drug-likeness (QED) is 0.397. The van der Waals surface area contributed by atoms with Gasteiger partial charge in [0, 0.05) is 18.4 Å². The van der Waals surface area contributed by atoms with E-state index in [0.29, 0.717) is 49.1 Å². The number of hydrogen-bond acceptors (Lipinski definition) is 6. The second-order valence-corrected chi connectivity index (χ2v) is 9.28. The normalized spacial score (nSPS) is 18.3. The number of carbonyl (C=O) groups is 2. The Labute approximate surface area is 201 Å². The largest absolute Gasteiger partial charge is 0.497 e. The maximum absolute atomic E-state index is 14.6. The lowest BCUT2D eigenvalue weighted by Crippen LogP contribution is -2.44. The van der Waals surface area contributed by atoms with Crippen LogP contribution in [0, 0.1) is 29.5 Å². The number of halogens is 1. The molecule has 3 aromatic rings. The first kappa shape index (κ1) is 23.9. The topological polar surface area (TPSA) is 79.7 Å². The number of ether oxygens (including phenoxy) is 1. The third kappa shape index (κ3) is 5.44. The number of methoxy groups -OCH3 is 1. The molecule has 176 valence electrons. The van der Waals surface area contributed by atoms with Crippen LogP contribution in [0.25, 0.3) is 10.9 Å². The first-order valence-electron chi connectivity index (χ1n) is 11.1. The summed E-state index contributed by atoms with van der Waals surface area (Å²) in [6.07, 6.45) is 2.16. The average Bonchev–Trinajstić information content (AvgIpc) is 3.36. The smallest absolute Gasteiger partial charge is 0.308 e. The number of piperidine rings is 1. The number of ketones is 1. The molecule has 0 saturated carbocycles. The van der Waals surface area contributed by atoms with Crippen molar-refractivity contribution < 1.29 is 23.8 Å². The molecule has 1 saturated heterocycles. The first-order chi connectivity index (χ1) is 16.5. The summed E-state index contributed by atoms with van der Waals surface area (Å²) in [6, 6.07) is 8.89. The zero-order valence-electron chi connectivity index (χ0n) is 18.8. The van der Waals surface area contributed by atoms with Gasteiger partial charge in [-0.2, -0.15) is 0 Å². The molecule has 0 aliphatic carbocycles. The predicted octanol–water partition coefficient (Wildman–Crippen LogP) is 4.48. The average molecular weight is 481 g/mol. The maximum atomic E-state index is 14.6. The van der Waals surface area contributed by atoms with Crippen molar-refractivity contribution in [3.05, 3.63) is 58.2 Å². The second-order valence-electron chi connectivity index (χ2n) is 8.33. The number of rotatable bonds is 7. The van der Waals surface area contributed by atoms with Crippen LogP contribution in [0.5, 0.6) is 5.75 Å². The molecule has 3 heterocycles. The van der Waals surface area contributed by atoms with E-state index in [1.807, 2.05) is 22.4 Å². The number of aliphatic carboxylic acids is 1. The molecule has 4 rings (SSSR count). The van der Waals surface area contributed by atoms with E-state index in [-0.39, 0.29) is 23.7 Å². The van der Waals surface area contributed by atoms with Gasteiger partial charge in [-0.1, -0.05) is 17.9 Å². The highest BCUT2D eigenvalue weighted by Gasteiger charge is 2.34. The van der Waals surface area contributed by atoms with E-state index in [2.05, 4.69) is 16.8 Å². The molecular formula is C26H25FN2O4S. The summed E-state index contributed by atoms with van der Waals surface area (Å²) in [6.45, 7) is 1.60. The van der Waals surface area contributed by atoms with Crippen LogP contribution in [0.4, 0.5) is 4.39 Å². The number of aromatic nitrogens is 1. The number of likely N-dealkylation sites (tertiary alicyclic amines) is 1. The third-order valence-electron chi connectivity index (χ3n) is 6.24. The Balaban J connectivity index is 1.42. The molecular weight excluding hydrogens is 455 g/mol. The van der Waals surface area contributed by atoms with Crippen LogP contribution >= 0.6 is 11.3 Å². The van der Waals surface area contributed by atoms with Gasteiger partial charge in [0.15, 0.2) is 11.6 Å². The van der Waals surface area contributed by atoms with Crippen molar-refractivity contribution in [2.45, 2.75) is 19.3 Å². The third-order valence-corrected chi connectivity index (χ3v) is 7.03. The number of Topliss-reactive ketones (excluding diaryl/α,β-unsaturated/α-hetero) is 1. The zero-order valence-corrected chi connectivity index (χ0v) is 19.6. The molecule has 1 aliphatic heterocycles. The zero-order chi connectivity index (χ0) is 24.1. The molecule has 2 atom stereocenters. The Morgan fingerprint density at radius 1 is 1.35 bits per heavy atom. The first-order valence-corrected chi connectivity index (χ1v) is 12.0. The summed E-state index contributed by atoms with van der Waals surface area (Å²) in [4.78, 5) is 32.1. The van der Waals surface area contributed by atoms with Gasteiger partial charge in [0.05, 0.1) is 41.7 Å². The number of carboxylic acids is 1. The molecule has 2 unspecified atom stereocenters. The van der Waals surface area contributed by atoms with Crippen molar-refractivity contribution in [3.8, 4) is 17.6 Å². The number of benzene rings is 1. The summed E-state index contributed by atoms with van der Waals surface area (Å²) in [5.74, 6) is 4.06. The van der Waals surface area contributed by atoms with Gasteiger partial charge in [-0.15, -0.1) is 11.3 Å². The molecule has 6 nitrogen and oxygen atoms in total. The van der Waals surface area contributed by atoms with Crippen molar-refractivity contribution >= 4 is 34.0 Å². The van der Waals surface area contributed by atoms with Gasteiger partial charge in [-0.3, -0.25) is 19.5 Å². The van der Waals surface area contributed by atoms with Crippen molar-refractivity contribution in [1.82, 2.24) is 9.88 Å². The summed E-state index contributed by atoms with van der Waals surface area (Å²) < 4.78 is 19.8. The standard InChI is InChI=1S/C26H25FN2O4S/c1-33-18-7-8-23-20(14-18)25(22(27)15-28-23)24(30)9-6-17-10-12-29(16-21(17)26(31)32)11-2-4-19-5-3-13-34-19/h3,5,7-8,13-15,17,21H,6,9-12,16H2,1H3,(H,31,32). The van der Waals surface area contributed by atoms with E-state index >= 15 is 0 Å². The van der Waals surface area contributed by atoms with Gasteiger partial charge in [-0.25, -0.2) is 4.39 Å². The van der Waals surface area contributed by atoms with Gasteiger partial charge < -0.3 is 9.84 Å². The second kappa shape index (κ2) is 10.8. The summed E-state index contributed by atoms with van der Waals surface area (Å²) in [5.41, 5.74) is 0.489. The van der Waals surface area contributed by atoms with Gasteiger partial charge in [-0.05, 0) is 54.9 Å². The molecule has 8 heteroatoms. The van der Waals surface area contributed by atoms with E-state index in [1.165, 1.54) is 7.11 Å². The summed E-state index contributed by atoms with van der Waals surface area (Å²) in [5, 5.41) is 12.2. The van der Waals surface area contributed by atoms with E-state index in [1.54, 1.807) is 29.5 Å². The molecule has 1 aliphatic rings. The van der Waals surface area contributed by atoms with Crippen molar-refractivity contribution in [3.63, 3.8) is 0 Å². The number of thiophene rings is 1. The highest BCUT2D eigenvalue weighted by atomic mass is 32.1. The van der Waals surface area contributed by atoms with Gasteiger partial charge in [0.2, 0.25) is 0 Å². The van der Waals surface area contributed by atoms with Gasteiger partial charge in [0.1, 0.15) is 5.75 Å². The lowest BCUT2D eigenvalue weighted by atomic mass is 9.81.